The van der Waals surface area contributed by atoms with Crippen LogP contribution in [0.25, 0.3) is 0 Å². The molecule has 0 unspecified atom stereocenters. The van der Waals surface area contributed by atoms with Crippen molar-refractivity contribution < 1.29 is 4.79 Å². The number of hydrogen-bond donors (Lipinski definition) is 1. The van der Waals surface area contributed by atoms with Gasteiger partial charge in [-0.3, -0.25) is 4.79 Å². The smallest absolute Gasteiger partial charge is 0.251 e. The van der Waals surface area contributed by atoms with Crippen molar-refractivity contribution in [2.45, 2.75) is 6.42 Å². The molecule has 15 heavy (non-hydrogen) atoms. The van der Waals surface area contributed by atoms with E-state index >= 15 is 0 Å². The van der Waals surface area contributed by atoms with Crippen LogP contribution in [0.15, 0.2) is 49.6 Å². The minimum atomic E-state index is -0.0626. The normalized spacial score (nSPS) is 9.33. The quantitative estimate of drug-likeness (QED) is 0.728. The second-order valence-corrected chi connectivity index (χ2v) is 3.15. The molecule has 1 aromatic rings. The minimum absolute atomic E-state index is 0.0626. The number of nitrogens with one attached hydrogen (secondary N) is 1. The number of carbonyl (C=O) groups excluding carboxylic acids is 1. The van der Waals surface area contributed by atoms with E-state index in [0.717, 1.165) is 5.56 Å². The van der Waals surface area contributed by atoms with Crippen molar-refractivity contribution >= 4 is 5.91 Å². The van der Waals surface area contributed by atoms with Gasteiger partial charge in [0.05, 0.1) is 0 Å². The van der Waals surface area contributed by atoms with Crippen molar-refractivity contribution in [1.29, 1.82) is 0 Å². The maximum atomic E-state index is 11.7. The summed E-state index contributed by atoms with van der Waals surface area (Å²) in [5, 5.41) is 2.76. The Morgan fingerprint density at radius 2 is 2.00 bits per heavy atom. The molecule has 0 aromatic heterocycles. The molecule has 0 aliphatic rings. The predicted octanol–water partition coefficient (Wildman–Crippen LogP) is 2.33. The Labute approximate surface area is 90.3 Å². The van der Waals surface area contributed by atoms with Crippen molar-refractivity contribution in [2.24, 2.45) is 0 Å². The van der Waals surface area contributed by atoms with Crippen LogP contribution < -0.4 is 5.32 Å². The molecular weight excluding hydrogens is 186 g/mol. The van der Waals surface area contributed by atoms with Crippen molar-refractivity contribution in [3.8, 4) is 0 Å². The summed E-state index contributed by atoms with van der Waals surface area (Å²) in [7, 11) is 0. The van der Waals surface area contributed by atoms with Crippen LogP contribution in [-0.2, 0) is 6.42 Å². The fraction of sp³-hybridized carbons (Fsp3) is 0.154. The SMILES string of the molecule is C=CCNC(=O)c1ccccc1CC=C. The highest BCUT2D eigenvalue weighted by Crippen LogP contribution is 2.09. The van der Waals surface area contributed by atoms with E-state index in [9.17, 15) is 4.79 Å². The Balaban J connectivity index is 2.86. The maximum Gasteiger partial charge on any atom is 0.251 e. The molecule has 1 amide bonds. The van der Waals surface area contributed by atoms with Gasteiger partial charge in [0.2, 0.25) is 0 Å². The van der Waals surface area contributed by atoms with Crippen molar-refractivity contribution in [3.05, 3.63) is 60.7 Å². The molecule has 78 valence electrons. The number of allylic oxidation sites excluding steroid dienone is 1. The average molecular weight is 201 g/mol. The van der Waals surface area contributed by atoms with E-state index in [2.05, 4.69) is 18.5 Å². The first-order chi connectivity index (χ1) is 7.29. The van der Waals surface area contributed by atoms with Gasteiger partial charge in [-0.05, 0) is 18.1 Å². The van der Waals surface area contributed by atoms with Gasteiger partial charge in [0.25, 0.3) is 5.91 Å². The Kier molecular flexibility index (Phi) is 4.35. The lowest BCUT2D eigenvalue weighted by molar-refractivity contribution is 0.0957. The summed E-state index contributed by atoms with van der Waals surface area (Å²) in [6.45, 7) is 7.71. The van der Waals surface area contributed by atoms with Gasteiger partial charge >= 0.3 is 0 Å². The molecule has 0 bridgehead atoms. The number of carbonyl (C=O) groups is 1. The van der Waals surface area contributed by atoms with Crippen LogP contribution in [0.3, 0.4) is 0 Å². The first-order valence-electron chi connectivity index (χ1n) is 4.87. The van der Waals surface area contributed by atoms with E-state index in [1.807, 2.05) is 24.3 Å². The van der Waals surface area contributed by atoms with Gasteiger partial charge in [-0.15, -0.1) is 13.2 Å². The van der Waals surface area contributed by atoms with Crippen molar-refractivity contribution in [2.75, 3.05) is 6.54 Å². The highest BCUT2D eigenvalue weighted by Gasteiger charge is 2.07. The van der Waals surface area contributed by atoms with Crippen LogP contribution >= 0.6 is 0 Å². The van der Waals surface area contributed by atoms with E-state index in [1.54, 1.807) is 12.2 Å². The van der Waals surface area contributed by atoms with Crippen LogP contribution in [-0.4, -0.2) is 12.5 Å². The molecule has 0 spiro atoms. The van der Waals surface area contributed by atoms with Crippen LogP contribution in [0.2, 0.25) is 0 Å². The zero-order chi connectivity index (χ0) is 11.1. The third-order valence-electron chi connectivity index (χ3n) is 2.03. The standard InChI is InChI=1S/C13H15NO/c1-3-7-11-8-5-6-9-12(11)13(15)14-10-4-2/h3-6,8-9H,1-2,7,10H2,(H,14,15). The summed E-state index contributed by atoms with van der Waals surface area (Å²) in [5.41, 5.74) is 1.70. The summed E-state index contributed by atoms with van der Waals surface area (Å²) in [5.74, 6) is -0.0626. The number of amides is 1. The second-order valence-electron chi connectivity index (χ2n) is 3.15. The van der Waals surface area contributed by atoms with E-state index in [4.69, 9.17) is 0 Å². The van der Waals surface area contributed by atoms with Gasteiger partial charge in [0.15, 0.2) is 0 Å². The topological polar surface area (TPSA) is 29.1 Å². The highest BCUT2D eigenvalue weighted by molar-refractivity contribution is 5.95. The summed E-state index contributed by atoms with van der Waals surface area (Å²) in [6.07, 6.45) is 4.16. The third-order valence-corrected chi connectivity index (χ3v) is 2.03. The monoisotopic (exact) mass is 201 g/mol. The third kappa shape index (κ3) is 3.09. The van der Waals surface area contributed by atoms with Gasteiger partial charge < -0.3 is 5.32 Å². The fourth-order valence-electron chi connectivity index (χ4n) is 1.34. The zero-order valence-corrected chi connectivity index (χ0v) is 8.70. The summed E-state index contributed by atoms with van der Waals surface area (Å²) < 4.78 is 0. The first kappa shape index (κ1) is 11.2. The lowest BCUT2D eigenvalue weighted by Gasteiger charge is -2.07. The predicted molar refractivity (Wildman–Crippen MR) is 62.9 cm³/mol. The minimum Gasteiger partial charge on any atom is -0.349 e. The lowest BCUT2D eigenvalue weighted by Crippen LogP contribution is -2.24. The molecule has 2 heteroatoms. The Hall–Kier alpha value is -1.83. The number of hydrogen-bond acceptors (Lipinski definition) is 1. The molecule has 2 nitrogen and oxygen atoms in total. The Morgan fingerprint density at radius 3 is 2.67 bits per heavy atom. The lowest BCUT2D eigenvalue weighted by atomic mass is 10.0. The van der Waals surface area contributed by atoms with Gasteiger partial charge in [-0.25, -0.2) is 0 Å². The van der Waals surface area contributed by atoms with E-state index in [0.29, 0.717) is 18.5 Å². The molecule has 0 radical (unpaired) electrons. The molecule has 0 saturated carbocycles. The van der Waals surface area contributed by atoms with Gasteiger partial charge in [0, 0.05) is 12.1 Å². The summed E-state index contributed by atoms with van der Waals surface area (Å²) >= 11 is 0. The highest BCUT2D eigenvalue weighted by atomic mass is 16.1. The van der Waals surface area contributed by atoms with E-state index in [-0.39, 0.29) is 5.91 Å². The Bertz CT molecular complexity index is 369. The molecule has 0 fully saturated rings. The molecule has 0 heterocycles. The molecular formula is C13H15NO. The first-order valence-corrected chi connectivity index (χ1v) is 4.87. The number of benzene rings is 1. The number of rotatable bonds is 5. The van der Waals surface area contributed by atoms with Crippen LogP contribution in [0.1, 0.15) is 15.9 Å². The molecule has 1 rings (SSSR count). The molecule has 1 N–H and O–H groups in total. The van der Waals surface area contributed by atoms with Crippen LogP contribution in [0.5, 0.6) is 0 Å². The molecule has 0 saturated heterocycles. The summed E-state index contributed by atoms with van der Waals surface area (Å²) in [4.78, 5) is 11.7. The fourth-order valence-corrected chi connectivity index (χ4v) is 1.34. The van der Waals surface area contributed by atoms with Crippen LogP contribution in [0, 0.1) is 0 Å². The van der Waals surface area contributed by atoms with Crippen molar-refractivity contribution in [1.82, 2.24) is 5.32 Å². The Morgan fingerprint density at radius 1 is 1.27 bits per heavy atom. The zero-order valence-electron chi connectivity index (χ0n) is 8.70. The largest absolute Gasteiger partial charge is 0.349 e. The average Bonchev–Trinajstić information content (AvgIpc) is 2.27. The van der Waals surface area contributed by atoms with Crippen LogP contribution in [0.4, 0.5) is 0 Å². The van der Waals surface area contributed by atoms with Gasteiger partial charge in [-0.1, -0.05) is 30.4 Å². The van der Waals surface area contributed by atoms with E-state index in [1.165, 1.54) is 0 Å². The summed E-state index contributed by atoms with van der Waals surface area (Å²) in [6, 6.07) is 7.53. The molecule has 1 aromatic carbocycles. The van der Waals surface area contributed by atoms with Crippen molar-refractivity contribution in [3.63, 3.8) is 0 Å². The van der Waals surface area contributed by atoms with Gasteiger partial charge in [0.1, 0.15) is 0 Å². The molecule has 0 aliphatic carbocycles. The molecule has 0 atom stereocenters. The molecule has 0 aliphatic heterocycles. The second kappa shape index (κ2) is 5.81. The van der Waals surface area contributed by atoms with Gasteiger partial charge in [-0.2, -0.15) is 0 Å². The van der Waals surface area contributed by atoms with E-state index < -0.39 is 0 Å². The maximum absolute atomic E-state index is 11.7.